The standard InChI is InChI=1S/C43H78NO7P/c1-3-5-7-9-11-13-15-17-19-21-22-24-26-28-30-32-34-36-43(45)49-40-42(41-51-52(46,47)50-39-37-44)48-38-35-33-31-29-27-25-23-20-18-16-14-12-10-8-6-4-2/h14,16-17,19,22,24,28,30,35,38,42H,3-13,15,18,20-21,23,25-27,29,31-34,36-37,39-41,44H2,1-2H3,(H,46,47)/b16-14-,19-17-,24-22-,30-28-,38-35-/t42-/m1/s1. The van der Waals surface area contributed by atoms with Gasteiger partial charge < -0.3 is 20.1 Å². The van der Waals surface area contributed by atoms with Gasteiger partial charge >= 0.3 is 13.8 Å². The van der Waals surface area contributed by atoms with Gasteiger partial charge in [-0.2, -0.15) is 0 Å². The van der Waals surface area contributed by atoms with Crippen LogP contribution in [0.25, 0.3) is 0 Å². The molecule has 52 heavy (non-hydrogen) atoms. The summed E-state index contributed by atoms with van der Waals surface area (Å²) in [6, 6.07) is 0. The van der Waals surface area contributed by atoms with Crippen molar-refractivity contribution < 1.29 is 32.8 Å². The summed E-state index contributed by atoms with van der Waals surface area (Å²) in [6.07, 6.45) is 49.1. The van der Waals surface area contributed by atoms with Gasteiger partial charge in [0.1, 0.15) is 6.61 Å². The molecule has 0 saturated carbocycles. The minimum Gasteiger partial charge on any atom is -0.492 e. The largest absolute Gasteiger partial charge is 0.492 e. The van der Waals surface area contributed by atoms with E-state index in [2.05, 4.69) is 62.5 Å². The van der Waals surface area contributed by atoms with Gasteiger partial charge in [-0.05, 0) is 83.1 Å². The van der Waals surface area contributed by atoms with Crippen LogP contribution < -0.4 is 5.73 Å². The number of carbonyl (C=O) groups is 1. The molecule has 0 rings (SSSR count). The minimum atomic E-state index is -4.28. The summed E-state index contributed by atoms with van der Waals surface area (Å²) in [7, 11) is -4.28. The van der Waals surface area contributed by atoms with Crippen LogP contribution in [0, 0.1) is 0 Å². The number of ether oxygens (including phenoxy) is 2. The van der Waals surface area contributed by atoms with Gasteiger partial charge in [-0.1, -0.05) is 140 Å². The molecule has 0 aromatic heterocycles. The number of hydrogen-bond acceptors (Lipinski definition) is 7. The molecule has 0 bridgehead atoms. The third kappa shape index (κ3) is 39.3. The average Bonchev–Trinajstić information content (AvgIpc) is 3.14. The van der Waals surface area contributed by atoms with E-state index in [0.29, 0.717) is 6.42 Å². The maximum absolute atomic E-state index is 12.4. The highest BCUT2D eigenvalue weighted by Gasteiger charge is 2.24. The smallest absolute Gasteiger partial charge is 0.472 e. The number of carbonyl (C=O) groups excluding carboxylic acids is 1. The molecule has 2 atom stereocenters. The van der Waals surface area contributed by atoms with Crippen LogP contribution >= 0.6 is 7.82 Å². The first-order valence-corrected chi connectivity index (χ1v) is 22.3. The number of esters is 1. The lowest BCUT2D eigenvalue weighted by molar-refractivity contribution is -0.147. The second kappa shape index (κ2) is 40.2. The Hall–Kier alpha value is -1.96. The monoisotopic (exact) mass is 752 g/mol. The van der Waals surface area contributed by atoms with E-state index >= 15 is 0 Å². The van der Waals surface area contributed by atoms with E-state index in [1.807, 2.05) is 6.08 Å². The van der Waals surface area contributed by atoms with Gasteiger partial charge in [0.05, 0.1) is 19.5 Å². The highest BCUT2D eigenvalue weighted by atomic mass is 31.2. The molecule has 0 aromatic rings. The molecule has 0 aliphatic rings. The number of phosphoric acid groups is 1. The van der Waals surface area contributed by atoms with Gasteiger partial charge in [-0.15, -0.1) is 0 Å². The van der Waals surface area contributed by atoms with Crippen molar-refractivity contribution in [3.8, 4) is 0 Å². The number of unbranched alkanes of at least 4 members (excludes halogenated alkanes) is 18. The molecular weight excluding hydrogens is 673 g/mol. The van der Waals surface area contributed by atoms with Crippen molar-refractivity contribution in [1.29, 1.82) is 0 Å². The van der Waals surface area contributed by atoms with E-state index in [9.17, 15) is 14.3 Å². The molecule has 0 aliphatic carbocycles. The molecule has 3 N–H and O–H groups in total. The summed E-state index contributed by atoms with van der Waals surface area (Å²) in [4.78, 5) is 22.2. The number of hydrogen-bond donors (Lipinski definition) is 2. The van der Waals surface area contributed by atoms with Gasteiger partial charge in [0.2, 0.25) is 0 Å². The van der Waals surface area contributed by atoms with Crippen LogP contribution in [0.3, 0.4) is 0 Å². The normalized spacial score (nSPS) is 14.1. The van der Waals surface area contributed by atoms with Crippen molar-refractivity contribution in [2.24, 2.45) is 5.73 Å². The van der Waals surface area contributed by atoms with Crippen LogP contribution in [0.5, 0.6) is 0 Å². The first kappa shape index (κ1) is 50.0. The number of nitrogens with two attached hydrogens (primary N) is 1. The highest BCUT2D eigenvalue weighted by Crippen LogP contribution is 2.43. The summed E-state index contributed by atoms with van der Waals surface area (Å²) in [5.74, 6) is -0.344. The molecule has 8 nitrogen and oxygen atoms in total. The maximum Gasteiger partial charge on any atom is 0.472 e. The molecule has 0 fully saturated rings. The van der Waals surface area contributed by atoms with Crippen molar-refractivity contribution in [2.75, 3.05) is 26.4 Å². The van der Waals surface area contributed by atoms with Gasteiger partial charge in [-0.3, -0.25) is 13.8 Å². The lowest BCUT2D eigenvalue weighted by Gasteiger charge is -2.19. The third-order valence-electron chi connectivity index (χ3n) is 8.50. The fourth-order valence-electron chi connectivity index (χ4n) is 5.34. The zero-order valence-corrected chi connectivity index (χ0v) is 34.2. The zero-order chi connectivity index (χ0) is 38.1. The van der Waals surface area contributed by atoms with Crippen molar-refractivity contribution in [2.45, 2.75) is 180 Å². The van der Waals surface area contributed by atoms with Crippen LogP contribution in [0.2, 0.25) is 0 Å². The molecule has 1 unspecified atom stereocenters. The number of allylic oxidation sites excluding steroid dienone is 9. The molecule has 0 radical (unpaired) electrons. The molecule has 0 heterocycles. The molecule has 0 saturated heterocycles. The molecule has 302 valence electrons. The Labute approximate surface area is 319 Å². The Balaban J connectivity index is 4.21. The van der Waals surface area contributed by atoms with Gasteiger partial charge in [-0.25, -0.2) is 4.57 Å². The van der Waals surface area contributed by atoms with E-state index in [4.69, 9.17) is 24.3 Å². The third-order valence-corrected chi connectivity index (χ3v) is 9.48. The van der Waals surface area contributed by atoms with Gasteiger partial charge in [0, 0.05) is 13.0 Å². The van der Waals surface area contributed by atoms with Crippen molar-refractivity contribution in [1.82, 2.24) is 0 Å². The van der Waals surface area contributed by atoms with E-state index in [1.165, 1.54) is 109 Å². The Bertz CT molecular complexity index is 979. The quantitative estimate of drug-likeness (QED) is 0.0210. The Morgan fingerprint density at radius 3 is 1.58 bits per heavy atom. The first-order chi connectivity index (χ1) is 25.4. The van der Waals surface area contributed by atoms with E-state index < -0.39 is 13.9 Å². The molecule has 0 spiro atoms. The predicted octanol–water partition coefficient (Wildman–Crippen LogP) is 12.5. The SMILES string of the molecule is CCCCCC/C=C\CCCCCCCC/C=C\O[C@H](COC(=O)CCC/C=C\C/C=C\C/C=C\CCCCCCCC)COP(=O)(O)OCCN. The van der Waals surface area contributed by atoms with E-state index in [0.717, 1.165) is 38.5 Å². The number of rotatable bonds is 39. The van der Waals surface area contributed by atoms with Crippen molar-refractivity contribution in [3.05, 3.63) is 60.9 Å². The van der Waals surface area contributed by atoms with Crippen molar-refractivity contribution in [3.63, 3.8) is 0 Å². The van der Waals surface area contributed by atoms with E-state index in [1.54, 1.807) is 6.26 Å². The topological polar surface area (TPSA) is 117 Å². The summed E-state index contributed by atoms with van der Waals surface area (Å²) < 4.78 is 33.1. The zero-order valence-electron chi connectivity index (χ0n) is 33.3. The van der Waals surface area contributed by atoms with Crippen LogP contribution in [0.4, 0.5) is 0 Å². The first-order valence-electron chi connectivity index (χ1n) is 20.8. The maximum atomic E-state index is 12.4. The Morgan fingerprint density at radius 2 is 1.04 bits per heavy atom. The lowest BCUT2D eigenvalue weighted by atomic mass is 10.1. The van der Waals surface area contributed by atoms with E-state index in [-0.39, 0.29) is 38.8 Å². The molecule has 0 aromatic carbocycles. The highest BCUT2D eigenvalue weighted by molar-refractivity contribution is 7.47. The summed E-state index contributed by atoms with van der Waals surface area (Å²) in [5.41, 5.74) is 5.36. The molecule has 0 amide bonds. The summed E-state index contributed by atoms with van der Waals surface area (Å²) in [6.45, 7) is 4.12. The second-order valence-corrected chi connectivity index (χ2v) is 15.0. The van der Waals surface area contributed by atoms with Crippen LogP contribution in [-0.4, -0.2) is 43.3 Å². The fourth-order valence-corrected chi connectivity index (χ4v) is 6.11. The Kier molecular flexibility index (Phi) is 38.7. The van der Waals surface area contributed by atoms with Gasteiger partial charge in [0.25, 0.3) is 0 Å². The van der Waals surface area contributed by atoms with Crippen LogP contribution in [0.1, 0.15) is 174 Å². The Morgan fingerprint density at radius 1 is 0.596 bits per heavy atom. The number of phosphoric ester groups is 1. The van der Waals surface area contributed by atoms with Crippen LogP contribution in [-0.2, 0) is 27.9 Å². The van der Waals surface area contributed by atoms with Gasteiger partial charge in [0.15, 0.2) is 6.10 Å². The summed E-state index contributed by atoms with van der Waals surface area (Å²) in [5, 5.41) is 0. The summed E-state index contributed by atoms with van der Waals surface area (Å²) >= 11 is 0. The predicted molar refractivity (Wildman–Crippen MR) is 219 cm³/mol. The molecule has 0 aliphatic heterocycles. The average molecular weight is 752 g/mol. The molecule has 9 heteroatoms. The van der Waals surface area contributed by atoms with Crippen LogP contribution in [0.15, 0.2) is 60.9 Å². The molecular formula is C43H78NO7P. The lowest BCUT2D eigenvalue weighted by Crippen LogP contribution is -2.25. The minimum absolute atomic E-state index is 0.0909. The second-order valence-electron chi connectivity index (χ2n) is 13.6. The fraction of sp³-hybridized carbons (Fsp3) is 0.744. The van der Waals surface area contributed by atoms with Crippen molar-refractivity contribution >= 4 is 13.8 Å².